The third-order valence-corrected chi connectivity index (χ3v) is 5.00. The molecule has 22 heavy (non-hydrogen) atoms. The van der Waals surface area contributed by atoms with Crippen LogP contribution in [0.25, 0.3) is 5.65 Å². The molecule has 3 atom stereocenters. The summed E-state index contributed by atoms with van der Waals surface area (Å²) in [6, 6.07) is 7.19. The molecule has 0 spiro atoms. The lowest BCUT2D eigenvalue weighted by Gasteiger charge is -2.32. The lowest BCUT2D eigenvalue weighted by atomic mass is 9.94. The van der Waals surface area contributed by atoms with E-state index in [1.165, 1.54) is 19.3 Å². The van der Waals surface area contributed by atoms with Crippen LogP contribution in [0.15, 0.2) is 30.6 Å². The van der Waals surface area contributed by atoms with Crippen LogP contribution < -0.4 is 10.6 Å². The number of nitrogens with one attached hydrogen (secondary N) is 2. The fourth-order valence-corrected chi connectivity index (χ4v) is 3.89. The molecule has 1 aliphatic carbocycles. The van der Waals surface area contributed by atoms with E-state index in [4.69, 9.17) is 4.74 Å². The van der Waals surface area contributed by atoms with Gasteiger partial charge in [0.15, 0.2) is 0 Å². The van der Waals surface area contributed by atoms with Gasteiger partial charge in [-0.05, 0) is 30.9 Å². The summed E-state index contributed by atoms with van der Waals surface area (Å²) in [5, 5.41) is 7.36. The molecule has 1 saturated carbocycles. The Morgan fingerprint density at radius 1 is 1.36 bits per heavy atom. The molecule has 1 aliphatic heterocycles. The molecule has 5 heteroatoms. The van der Waals surface area contributed by atoms with Gasteiger partial charge in [0.25, 0.3) is 0 Å². The van der Waals surface area contributed by atoms with Gasteiger partial charge < -0.3 is 19.8 Å². The molecule has 0 amide bonds. The molecule has 2 aromatic heterocycles. The molecule has 1 saturated heterocycles. The Hall–Kier alpha value is -1.43. The topological polar surface area (TPSA) is 50.6 Å². The summed E-state index contributed by atoms with van der Waals surface area (Å²) in [4.78, 5) is 4.67. The Bertz CT molecular complexity index is 587. The third-order valence-electron chi connectivity index (χ3n) is 5.00. The first-order chi connectivity index (χ1) is 10.9. The van der Waals surface area contributed by atoms with Crippen LogP contribution in [0.3, 0.4) is 0 Å². The van der Waals surface area contributed by atoms with Crippen molar-refractivity contribution in [3.8, 4) is 0 Å². The van der Waals surface area contributed by atoms with Crippen LogP contribution in [0.4, 0.5) is 0 Å². The molecule has 3 unspecified atom stereocenters. The molecule has 2 fully saturated rings. The molecule has 0 bridgehead atoms. The van der Waals surface area contributed by atoms with Crippen molar-refractivity contribution in [2.24, 2.45) is 5.92 Å². The summed E-state index contributed by atoms with van der Waals surface area (Å²) in [6.07, 6.45) is 8.04. The zero-order chi connectivity index (χ0) is 14.8. The monoisotopic (exact) mass is 300 g/mol. The lowest BCUT2D eigenvalue weighted by molar-refractivity contribution is 0.0524. The van der Waals surface area contributed by atoms with E-state index < -0.39 is 0 Å². The first-order valence-electron chi connectivity index (χ1n) is 8.37. The zero-order valence-electron chi connectivity index (χ0n) is 12.9. The van der Waals surface area contributed by atoms with Crippen LogP contribution in [0, 0.1) is 5.92 Å². The summed E-state index contributed by atoms with van der Waals surface area (Å²) in [5.41, 5.74) is 2.13. The summed E-state index contributed by atoms with van der Waals surface area (Å²) < 4.78 is 7.72. The van der Waals surface area contributed by atoms with Crippen LogP contribution >= 0.6 is 0 Å². The van der Waals surface area contributed by atoms with Crippen molar-refractivity contribution in [1.82, 2.24) is 20.0 Å². The number of hydrogen-bond acceptors (Lipinski definition) is 4. The van der Waals surface area contributed by atoms with E-state index in [2.05, 4.69) is 26.2 Å². The number of rotatable bonds is 4. The van der Waals surface area contributed by atoms with Crippen molar-refractivity contribution in [1.29, 1.82) is 0 Å². The van der Waals surface area contributed by atoms with Gasteiger partial charge in [0.2, 0.25) is 0 Å². The first kappa shape index (κ1) is 14.2. The Morgan fingerprint density at radius 2 is 2.36 bits per heavy atom. The minimum absolute atomic E-state index is 0.509. The van der Waals surface area contributed by atoms with Crippen molar-refractivity contribution in [2.75, 3.05) is 19.8 Å². The van der Waals surface area contributed by atoms with Crippen LogP contribution in [0.2, 0.25) is 0 Å². The predicted octanol–water partition coefficient (Wildman–Crippen LogP) is 1.58. The molecule has 3 heterocycles. The van der Waals surface area contributed by atoms with Gasteiger partial charge >= 0.3 is 0 Å². The van der Waals surface area contributed by atoms with Gasteiger partial charge in [-0.1, -0.05) is 12.5 Å². The summed E-state index contributed by atoms with van der Waals surface area (Å²) in [7, 11) is 0. The van der Waals surface area contributed by atoms with E-state index in [9.17, 15) is 0 Å². The Balaban J connectivity index is 1.39. The molecule has 118 valence electrons. The van der Waals surface area contributed by atoms with E-state index in [-0.39, 0.29) is 0 Å². The molecule has 5 nitrogen and oxygen atoms in total. The summed E-state index contributed by atoms with van der Waals surface area (Å²) in [6.45, 7) is 3.54. The van der Waals surface area contributed by atoms with Gasteiger partial charge in [-0.15, -0.1) is 0 Å². The van der Waals surface area contributed by atoms with Gasteiger partial charge in [0, 0.05) is 37.6 Å². The first-order valence-corrected chi connectivity index (χ1v) is 8.37. The highest BCUT2D eigenvalue weighted by Crippen LogP contribution is 2.29. The summed E-state index contributed by atoms with van der Waals surface area (Å²) in [5.74, 6) is 0.678. The number of morpholine rings is 1. The van der Waals surface area contributed by atoms with Gasteiger partial charge in [0.05, 0.1) is 18.9 Å². The second-order valence-electron chi connectivity index (χ2n) is 6.42. The highest BCUT2D eigenvalue weighted by Gasteiger charge is 2.34. The van der Waals surface area contributed by atoms with Crippen LogP contribution in [0.1, 0.15) is 25.0 Å². The molecule has 2 N–H and O–H groups in total. The smallest absolute Gasteiger partial charge is 0.137 e. The highest BCUT2D eigenvalue weighted by atomic mass is 16.5. The van der Waals surface area contributed by atoms with E-state index in [0.717, 1.165) is 37.6 Å². The number of pyridine rings is 1. The number of fused-ring (bicyclic) bond motifs is 1. The standard InChI is InChI=1S/C17H24N4O/c1-2-8-21-11-13(20-17(21)6-1)10-19-15-5-3-4-14(15)16-12-22-9-7-18-16/h1-2,6,8,11,14-16,18-19H,3-5,7,9-10,12H2. The third kappa shape index (κ3) is 2.89. The summed E-state index contributed by atoms with van der Waals surface area (Å²) >= 11 is 0. The predicted molar refractivity (Wildman–Crippen MR) is 85.8 cm³/mol. The van der Waals surface area contributed by atoms with Crippen molar-refractivity contribution < 1.29 is 4.74 Å². The number of nitrogens with zero attached hydrogens (tertiary/aromatic N) is 2. The molecule has 4 rings (SSSR count). The van der Waals surface area contributed by atoms with Gasteiger partial charge in [-0.2, -0.15) is 0 Å². The Labute approximate surface area is 131 Å². The number of aromatic nitrogens is 2. The fourth-order valence-electron chi connectivity index (χ4n) is 3.89. The number of imidazole rings is 1. The van der Waals surface area contributed by atoms with Crippen molar-refractivity contribution >= 4 is 5.65 Å². The molecule has 2 aliphatic rings. The van der Waals surface area contributed by atoms with Gasteiger partial charge in [-0.25, -0.2) is 4.98 Å². The van der Waals surface area contributed by atoms with E-state index in [0.29, 0.717) is 18.0 Å². The Morgan fingerprint density at radius 3 is 3.23 bits per heavy atom. The minimum Gasteiger partial charge on any atom is -0.379 e. The molecule has 0 aromatic carbocycles. The maximum absolute atomic E-state index is 5.64. The second-order valence-corrected chi connectivity index (χ2v) is 6.42. The maximum Gasteiger partial charge on any atom is 0.137 e. The Kier molecular flexibility index (Phi) is 4.10. The van der Waals surface area contributed by atoms with E-state index >= 15 is 0 Å². The van der Waals surface area contributed by atoms with Crippen molar-refractivity contribution in [3.05, 3.63) is 36.3 Å². The van der Waals surface area contributed by atoms with Crippen molar-refractivity contribution in [3.63, 3.8) is 0 Å². The maximum atomic E-state index is 5.64. The van der Waals surface area contributed by atoms with Crippen molar-refractivity contribution in [2.45, 2.75) is 37.9 Å². The molecular formula is C17H24N4O. The van der Waals surface area contributed by atoms with Crippen LogP contribution in [-0.4, -0.2) is 41.2 Å². The fraction of sp³-hybridized carbons (Fsp3) is 0.588. The average Bonchev–Trinajstić information content (AvgIpc) is 3.20. The average molecular weight is 300 g/mol. The lowest BCUT2D eigenvalue weighted by Crippen LogP contribution is -2.50. The SMILES string of the molecule is c1ccn2cc(CNC3CCCC3C3COCCN3)nc2c1. The number of hydrogen-bond donors (Lipinski definition) is 2. The largest absolute Gasteiger partial charge is 0.379 e. The normalized spacial score (nSPS) is 29.2. The quantitative estimate of drug-likeness (QED) is 0.900. The number of ether oxygens (including phenoxy) is 1. The van der Waals surface area contributed by atoms with Gasteiger partial charge in [-0.3, -0.25) is 0 Å². The minimum atomic E-state index is 0.509. The zero-order valence-corrected chi connectivity index (χ0v) is 12.9. The highest BCUT2D eigenvalue weighted by molar-refractivity contribution is 5.39. The van der Waals surface area contributed by atoms with Crippen LogP contribution in [0.5, 0.6) is 0 Å². The molecular weight excluding hydrogens is 276 g/mol. The van der Waals surface area contributed by atoms with Crippen LogP contribution in [-0.2, 0) is 11.3 Å². The molecule has 2 aromatic rings. The molecule has 0 radical (unpaired) electrons. The second kappa shape index (κ2) is 6.36. The van der Waals surface area contributed by atoms with E-state index in [1.807, 2.05) is 24.4 Å². The van der Waals surface area contributed by atoms with Gasteiger partial charge in [0.1, 0.15) is 5.65 Å². The van der Waals surface area contributed by atoms with E-state index in [1.54, 1.807) is 0 Å².